The molecule has 0 aliphatic rings. The van der Waals surface area contributed by atoms with Crippen LogP contribution < -0.4 is 0 Å². The van der Waals surface area contributed by atoms with Gasteiger partial charge in [-0.15, -0.1) is 0 Å². The molecule has 6 heteroatoms. The molecule has 0 aliphatic heterocycles. The van der Waals surface area contributed by atoms with Gasteiger partial charge in [0.05, 0.1) is 63.0 Å². The highest BCUT2D eigenvalue weighted by atomic mass is 15.0. The average Bonchev–Trinajstić information content (AvgIpc) is 3.97. The number of aromatic nitrogens is 4. The van der Waals surface area contributed by atoms with Crippen LogP contribution in [0.3, 0.4) is 0 Å². The lowest BCUT2D eigenvalue weighted by Crippen LogP contribution is -2.02. The van der Waals surface area contributed by atoms with Crippen molar-refractivity contribution in [2.75, 3.05) is 0 Å². The first-order valence-electron chi connectivity index (χ1n) is 23.9. The van der Waals surface area contributed by atoms with Crippen molar-refractivity contribution >= 4 is 49.3 Å². The highest BCUT2D eigenvalue weighted by molar-refractivity contribution is 6.13. The Morgan fingerprint density at radius 3 is 1.50 bits per heavy atom. The second-order valence-electron chi connectivity index (χ2n) is 17.9. The van der Waals surface area contributed by atoms with E-state index in [1.165, 1.54) is 10.8 Å². The van der Waals surface area contributed by atoms with Gasteiger partial charge in [-0.25, -0.2) is 14.8 Å². The van der Waals surface area contributed by atoms with Gasteiger partial charge in [0.15, 0.2) is 11.5 Å². The van der Waals surface area contributed by atoms with E-state index in [9.17, 15) is 5.26 Å². The lowest BCUT2D eigenvalue weighted by Gasteiger charge is -2.20. The molecule has 13 rings (SSSR count). The molecule has 72 heavy (non-hydrogen) atoms. The molecule has 0 amide bonds. The second-order valence-corrected chi connectivity index (χ2v) is 17.9. The van der Waals surface area contributed by atoms with E-state index >= 15 is 0 Å². The summed E-state index contributed by atoms with van der Waals surface area (Å²) in [5.41, 5.74) is 17.7. The van der Waals surface area contributed by atoms with E-state index in [-0.39, 0.29) is 0 Å². The largest absolute Gasteiger partial charge is 0.309 e. The molecule has 0 unspecified atom stereocenters. The maximum absolute atomic E-state index is 10.2. The van der Waals surface area contributed by atoms with Crippen molar-refractivity contribution in [2.45, 2.75) is 0 Å². The van der Waals surface area contributed by atoms with Crippen LogP contribution in [0.25, 0.3) is 127 Å². The molecule has 3 aromatic heterocycles. The summed E-state index contributed by atoms with van der Waals surface area (Å²) in [7, 11) is 0. The topological polar surface area (TPSA) is 63.8 Å². The van der Waals surface area contributed by atoms with E-state index in [0.717, 1.165) is 106 Å². The summed E-state index contributed by atoms with van der Waals surface area (Å²) in [5, 5.41) is 14.7. The van der Waals surface area contributed by atoms with E-state index in [4.69, 9.17) is 16.5 Å². The van der Waals surface area contributed by atoms with Gasteiger partial charge < -0.3 is 9.13 Å². The summed E-state index contributed by atoms with van der Waals surface area (Å²) in [6, 6.07) is 86.3. The number of nitriles is 1. The molecule has 0 N–H and O–H groups in total. The third-order valence-corrected chi connectivity index (χ3v) is 13.8. The maximum atomic E-state index is 10.2. The first-order chi connectivity index (χ1) is 35.6. The molecule has 6 nitrogen and oxygen atoms in total. The third kappa shape index (κ3) is 7.02. The minimum Gasteiger partial charge on any atom is -0.309 e. The predicted molar refractivity (Wildman–Crippen MR) is 294 cm³/mol. The van der Waals surface area contributed by atoms with Crippen molar-refractivity contribution in [1.29, 1.82) is 5.26 Å². The molecule has 0 aliphatic carbocycles. The lowest BCUT2D eigenvalue weighted by atomic mass is 9.96. The SMILES string of the molecule is [C-]#[N+]c1ccccc1-c1ccc2c(c1)c1cc(-c3ccccc3C#N)ccc1n2-c1ccc(-c2cc(-c3ccccc3)nc(-c3ccccc3)n2)cc1-c1ccccc1-n1c2ccccc2c2ccccc21. The Bertz CT molecular complexity index is 4130. The predicted octanol–water partition coefficient (Wildman–Crippen LogP) is 17.1. The molecule has 0 bridgehead atoms. The van der Waals surface area contributed by atoms with Gasteiger partial charge in [0.25, 0.3) is 0 Å². The van der Waals surface area contributed by atoms with Gasteiger partial charge in [-0.1, -0.05) is 176 Å². The zero-order chi connectivity index (χ0) is 48.1. The molecular formula is C66H40N6. The van der Waals surface area contributed by atoms with Crippen LogP contribution in [0.4, 0.5) is 5.69 Å². The van der Waals surface area contributed by atoms with Crippen LogP contribution in [0.1, 0.15) is 5.56 Å². The number of hydrogen-bond acceptors (Lipinski definition) is 3. The fourth-order valence-electron chi connectivity index (χ4n) is 10.5. The van der Waals surface area contributed by atoms with E-state index in [2.05, 4.69) is 178 Å². The quantitative estimate of drug-likeness (QED) is 0.143. The Labute approximate surface area is 416 Å². The van der Waals surface area contributed by atoms with E-state index in [0.29, 0.717) is 17.1 Å². The molecule has 0 fully saturated rings. The van der Waals surface area contributed by atoms with Gasteiger partial charge >= 0.3 is 0 Å². The molecule has 0 atom stereocenters. The number of hydrogen-bond donors (Lipinski definition) is 0. The van der Waals surface area contributed by atoms with E-state index in [1.807, 2.05) is 84.9 Å². The van der Waals surface area contributed by atoms with Crippen molar-refractivity contribution in [2.24, 2.45) is 0 Å². The summed E-state index contributed by atoms with van der Waals surface area (Å²) in [4.78, 5) is 14.4. The number of benzene rings is 10. The van der Waals surface area contributed by atoms with Gasteiger partial charge in [0, 0.05) is 49.4 Å². The standard InChI is InChI=1S/C66H40N6/c1-68-57-28-14-10-24-50(57)46-33-36-65-56(39-46)55-38-45(49-23-9-8-22-48(49)42-67)32-35-64(55)72(65)63-37-34-47(59-41-58(43-18-4-2-5-19-43)69-66(70-59)44-20-6-3-7-21-44)40-54(63)53-27-13-17-31-62(53)71-60-29-15-11-25-51(60)52-26-12-16-30-61(52)71/h2-41H. The second kappa shape index (κ2) is 17.4. The normalized spacial score (nSPS) is 11.3. The summed E-state index contributed by atoms with van der Waals surface area (Å²) in [5.74, 6) is 0.648. The molecule has 3 heterocycles. The summed E-state index contributed by atoms with van der Waals surface area (Å²) in [6.45, 7) is 8.04. The Kier molecular flexibility index (Phi) is 10.2. The molecule has 0 radical (unpaired) electrons. The average molecular weight is 917 g/mol. The third-order valence-electron chi connectivity index (χ3n) is 13.8. The summed E-state index contributed by atoms with van der Waals surface area (Å²) in [6.07, 6.45) is 0. The monoisotopic (exact) mass is 916 g/mol. The summed E-state index contributed by atoms with van der Waals surface area (Å²) < 4.78 is 4.77. The molecule has 0 saturated heterocycles. The Morgan fingerprint density at radius 2 is 0.847 bits per heavy atom. The van der Waals surface area contributed by atoms with E-state index in [1.54, 1.807) is 0 Å². The molecule has 10 aromatic carbocycles. The zero-order valence-electron chi connectivity index (χ0n) is 38.8. The van der Waals surface area contributed by atoms with E-state index < -0.39 is 0 Å². The molecular weight excluding hydrogens is 877 g/mol. The van der Waals surface area contributed by atoms with Crippen LogP contribution in [-0.4, -0.2) is 19.1 Å². The van der Waals surface area contributed by atoms with Gasteiger partial charge in [-0.05, 0) is 89.0 Å². The number of rotatable bonds is 8. The van der Waals surface area contributed by atoms with Crippen molar-refractivity contribution in [3.63, 3.8) is 0 Å². The molecule has 0 saturated carbocycles. The number of para-hydroxylation sites is 4. The first-order valence-corrected chi connectivity index (χ1v) is 23.9. The summed E-state index contributed by atoms with van der Waals surface area (Å²) >= 11 is 0. The van der Waals surface area contributed by atoms with Gasteiger partial charge in [0.1, 0.15) is 0 Å². The van der Waals surface area contributed by atoms with Crippen molar-refractivity contribution in [3.8, 4) is 84.7 Å². The highest BCUT2D eigenvalue weighted by Crippen LogP contribution is 2.44. The number of fused-ring (bicyclic) bond motifs is 6. The number of nitrogens with zero attached hydrogens (tertiary/aromatic N) is 6. The lowest BCUT2D eigenvalue weighted by molar-refractivity contribution is 1.16. The highest BCUT2D eigenvalue weighted by Gasteiger charge is 2.23. The maximum Gasteiger partial charge on any atom is 0.194 e. The first kappa shape index (κ1) is 42.0. The van der Waals surface area contributed by atoms with Crippen molar-refractivity contribution in [3.05, 3.63) is 260 Å². The fraction of sp³-hybridized carbons (Fsp3) is 0. The smallest absolute Gasteiger partial charge is 0.194 e. The van der Waals surface area contributed by atoms with Crippen LogP contribution in [0.15, 0.2) is 243 Å². The molecule has 13 aromatic rings. The Balaban J connectivity index is 1.12. The molecule has 0 spiro atoms. The van der Waals surface area contributed by atoms with Crippen LogP contribution in [0, 0.1) is 17.9 Å². The zero-order valence-corrected chi connectivity index (χ0v) is 38.8. The molecule has 334 valence electrons. The van der Waals surface area contributed by atoms with Gasteiger partial charge in [0.2, 0.25) is 0 Å². The van der Waals surface area contributed by atoms with Gasteiger partial charge in [-0.3, -0.25) is 0 Å². The van der Waals surface area contributed by atoms with Crippen LogP contribution >= 0.6 is 0 Å². The van der Waals surface area contributed by atoms with Crippen LogP contribution in [0.2, 0.25) is 0 Å². The minimum absolute atomic E-state index is 0.597. The van der Waals surface area contributed by atoms with Crippen molar-refractivity contribution < 1.29 is 0 Å². The van der Waals surface area contributed by atoms with Crippen LogP contribution in [-0.2, 0) is 0 Å². The Hall–Kier alpha value is -10.1. The fourth-order valence-corrected chi connectivity index (χ4v) is 10.5. The van der Waals surface area contributed by atoms with Gasteiger partial charge in [-0.2, -0.15) is 5.26 Å². The Morgan fingerprint density at radius 1 is 0.361 bits per heavy atom. The van der Waals surface area contributed by atoms with Crippen LogP contribution in [0.5, 0.6) is 0 Å². The van der Waals surface area contributed by atoms with Crippen molar-refractivity contribution in [1.82, 2.24) is 19.1 Å². The minimum atomic E-state index is 0.597.